The molecule has 3 aliphatic rings. The molecule has 1 N–H and O–H groups in total. The Morgan fingerprint density at radius 1 is 1.22 bits per heavy atom. The number of anilines is 2. The SMILES string of the molecule is Fc1ccc2c(c1)NCC1CC3CCCCC3N21. The molecule has 2 aliphatic heterocycles. The number of nitrogens with one attached hydrogen (secondary N) is 1. The van der Waals surface area contributed by atoms with Gasteiger partial charge in [-0.2, -0.15) is 0 Å². The van der Waals surface area contributed by atoms with E-state index in [4.69, 9.17) is 0 Å². The average molecular weight is 246 g/mol. The third-order valence-corrected chi connectivity index (χ3v) is 4.96. The quantitative estimate of drug-likeness (QED) is 0.755. The third-order valence-electron chi connectivity index (χ3n) is 4.96. The summed E-state index contributed by atoms with van der Waals surface area (Å²) in [4.78, 5) is 2.59. The van der Waals surface area contributed by atoms with E-state index in [1.165, 1.54) is 37.8 Å². The van der Waals surface area contributed by atoms with Crippen LogP contribution in [-0.2, 0) is 0 Å². The fraction of sp³-hybridized carbons (Fsp3) is 0.600. The predicted molar refractivity (Wildman–Crippen MR) is 71.5 cm³/mol. The first kappa shape index (κ1) is 10.7. The van der Waals surface area contributed by atoms with E-state index in [9.17, 15) is 4.39 Å². The Kier molecular flexibility index (Phi) is 2.29. The zero-order chi connectivity index (χ0) is 12.1. The number of benzene rings is 1. The fourth-order valence-electron chi connectivity index (χ4n) is 4.22. The second kappa shape index (κ2) is 3.87. The molecule has 0 bridgehead atoms. The van der Waals surface area contributed by atoms with Crippen LogP contribution in [0.2, 0.25) is 0 Å². The van der Waals surface area contributed by atoms with Gasteiger partial charge in [0.2, 0.25) is 0 Å². The van der Waals surface area contributed by atoms with Gasteiger partial charge in [-0.15, -0.1) is 0 Å². The lowest BCUT2D eigenvalue weighted by atomic mass is 9.85. The van der Waals surface area contributed by atoms with E-state index in [0.29, 0.717) is 12.1 Å². The highest BCUT2D eigenvalue weighted by atomic mass is 19.1. The van der Waals surface area contributed by atoms with Crippen LogP contribution in [0, 0.1) is 11.7 Å². The number of hydrogen-bond acceptors (Lipinski definition) is 2. The maximum absolute atomic E-state index is 13.3. The van der Waals surface area contributed by atoms with Crippen LogP contribution in [-0.4, -0.2) is 18.6 Å². The van der Waals surface area contributed by atoms with Crippen LogP contribution in [0.25, 0.3) is 0 Å². The third kappa shape index (κ3) is 1.46. The van der Waals surface area contributed by atoms with Crippen LogP contribution in [0.5, 0.6) is 0 Å². The van der Waals surface area contributed by atoms with Crippen LogP contribution in [0.1, 0.15) is 32.1 Å². The number of nitrogens with zero attached hydrogens (tertiary/aromatic N) is 1. The number of fused-ring (bicyclic) bond motifs is 5. The monoisotopic (exact) mass is 246 g/mol. The van der Waals surface area contributed by atoms with E-state index in [2.05, 4.69) is 10.2 Å². The molecule has 3 heteroatoms. The minimum Gasteiger partial charge on any atom is -0.381 e. The van der Waals surface area contributed by atoms with E-state index < -0.39 is 0 Å². The summed E-state index contributed by atoms with van der Waals surface area (Å²) in [5.74, 6) is 0.723. The minimum atomic E-state index is -0.140. The second-order valence-electron chi connectivity index (χ2n) is 5.95. The minimum absolute atomic E-state index is 0.140. The summed E-state index contributed by atoms with van der Waals surface area (Å²) in [5.41, 5.74) is 2.21. The molecule has 1 aromatic carbocycles. The van der Waals surface area contributed by atoms with Crippen molar-refractivity contribution in [2.75, 3.05) is 16.8 Å². The Bertz CT molecular complexity index is 474. The number of hydrogen-bond donors (Lipinski definition) is 1. The maximum atomic E-state index is 13.3. The van der Waals surface area contributed by atoms with E-state index >= 15 is 0 Å². The van der Waals surface area contributed by atoms with Gasteiger partial charge in [-0.1, -0.05) is 12.8 Å². The zero-order valence-corrected chi connectivity index (χ0v) is 10.5. The summed E-state index contributed by atoms with van der Waals surface area (Å²) in [7, 11) is 0. The molecule has 18 heavy (non-hydrogen) atoms. The molecule has 0 radical (unpaired) electrons. The van der Waals surface area contributed by atoms with Crippen LogP contribution < -0.4 is 10.2 Å². The first-order chi connectivity index (χ1) is 8.83. The van der Waals surface area contributed by atoms with E-state index in [0.717, 1.165) is 18.2 Å². The van der Waals surface area contributed by atoms with Crippen molar-refractivity contribution < 1.29 is 4.39 Å². The summed E-state index contributed by atoms with van der Waals surface area (Å²) in [6.45, 7) is 0.976. The van der Waals surface area contributed by atoms with Crippen molar-refractivity contribution in [3.63, 3.8) is 0 Å². The van der Waals surface area contributed by atoms with Gasteiger partial charge in [0.05, 0.1) is 11.4 Å². The lowest BCUT2D eigenvalue weighted by Crippen LogP contribution is -2.44. The summed E-state index contributed by atoms with van der Waals surface area (Å²) < 4.78 is 13.3. The molecule has 1 aliphatic carbocycles. The molecule has 1 aromatic rings. The molecule has 0 amide bonds. The Labute approximate surface area is 107 Å². The van der Waals surface area contributed by atoms with Gasteiger partial charge in [0, 0.05) is 18.6 Å². The predicted octanol–water partition coefficient (Wildman–Crippen LogP) is 3.39. The Morgan fingerprint density at radius 3 is 3.06 bits per heavy atom. The Balaban J connectivity index is 1.75. The number of rotatable bonds is 0. The molecule has 1 saturated heterocycles. The molecular formula is C15H19FN2. The van der Waals surface area contributed by atoms with E-state index in [-0.39, 0.29) is 5.82 Å². The molecule has 3 unspecified atom stereocenters. The molecule has 2 heterocycles. The van der Waals surface area contributed by atoms with Crippen LogP contribution >= 0.6 is 0 Å². The smallest absolute Gasteiger partial charge is 0.125 e. The van der Waals surface area contributed by atoms with Crippen LogP contribution in [0.3, 0.4) is 0 Å². The van der Waals surface area contributed by atoms with Crippen LogP contribution in [0.15, 0.2) is 18.2 Å². The highest BCUT2D eigenvalue weighted by Gasteiger charge is 2.44. The van der Waals surface area contributed by atoms with Crippen LogP contribution in [0.4, 0.5) is 15.8 Å². The Hall–Kier alpha value is -1.25. The summed E-state index contributed by atoms with van der Waals surface area (Å²) in [6, 6.07) is 6.52. The lowest BCUT2D eigenvalue weighted by Gasteiger charge is -2.40. The highest BCUT2D eigenvalue weighted by Crippen LogP contribution is 2.46. The molecule has 96 valence electrons. The lowest BCUT2D eigenvalue weighted by molar-refractivity contribution is 0.342. The van der Waals surface area contributed by atoms with Crippen molar-refractivity contribution >= 4 is 11.4 Å². The van der Waals surface area contributed by atoms with Gasteiger partial charge >= 0.3 is 0 Å². The Morgan fingerprint density at radius 2 is 2.11 bits per heavy atom. The largest absolute Gasteiger partial charge is 0.381 e. The van der Waals surface area contributed by atoms with Crippen molar-refractivity contribution in [1.29, 1.82) is 0 Å². The molecule has 3 atom stereocenters. The molecule has 0 aromatic heterocycles. The highest BCUT2D eigenvalue weighted by molar-refractivity contribution is 5.74. The summed E-state index contributed by atoms with van der Waals surface area (Å²) in [6.07, 6.45) is 6.76. The zero-order valence-electron chi connectivity index (χ0n) is 10.5. The van der Waals surface area contributed by atoms with Gasteiger partial charge in [-0.25, -0.2) is 4.39 Å². The maximum Gasteiger partial charge on any atom is 0.125 e. The van der Waals surface area contributed by atoms with Gasteiger partial charge in [0.25, 0.3) is 0 Å². The normalized spacial score (nSPS) is 33.4. The second-order valence-corrected chi connectivity index (χ2v) is 5.95. The van der Waals surface area contributed by atoms with E-state index in [1.54, 1.807) is 12.1 Å². The van der Waals surface area contributed by atoms with Gasteiger partial charge in [-0.05, 0) is 43.4 Å². The first-order valence-electron chi connectivity index (χ1n) is 7.15. The van der Waals surface area contributed by atoms with Crippen molar-refractivity contribution in [2.45, 2.75) is 44.2 Å². The fourth-order valence-corrected chi connectivity index (χ4v) is 4.22. The summed E-state index contributed by atoms with van der Waals surface area (Å²) in [5, 5.41) is 3.40. The molecule has 4 rings (SSSR count). The molecular weight excluding hydrogens is 227 g/mol. The average Bonchev–Trinajstić information content (AvgIpc) is 2.77. The number of halogens is 1. The topological polar surface area (TPSA) is 15.3 Å². The first-order valence-corrected chi connectivity index (χ1v) is 7.15. The van der Waals surface area contributed by atoms with Crippen molar-refractivity contribution in [3.8, 4) is 0 Å². The van der Waals surface area contributed by atoms with Crippen molar-refractivity contribution in [1.82, 2.24) is 0 Å². The summed E-state index contributed by atoms with van der Waals surface area (Å²) >= 11 is 0. The van der Waals surface area contributed by atoms with Gasteiger partial charge in [-0.3, -0.25) is 0 Å². The molecule has 0 spiro atoms. The van der Waals surface area contributed by atoms with Gasteiger partial charge in [0.1, 0.15) is 5.82 Å². The van der Waals surface area contributed by atoms with Gasteiger partial charge < -0.3 is 10.2 Å². The van der Waals surface area contributed by atoms with Crippen molar-refractivity contribution in [3.05, 3.63) is 24.0 Å². The van der Waals surface area contributed by atoms with Crippen molar-refractivity contribution in [2.24, 2.45) is 5.92 Å². The molecule has 2 nitrogen and oxygen atoms in total. The molecule has 2 fully saturated rings. The molecule has 1 saturated carbocycles. The van der Waals surface area contributed by atoms with Gasteiger partial charge in [0.15, 0.2) is 0 Å². The van der Waals surface area contributed by atoms with E-state index in [1.807, 2.05) is 6.07 Å². The standard InChI is InChI=1S/C15H19FN2/c16-11-5-6-15-13(8-11)17-9-12-7-10-3-1-2-4-14(10)18(12)15/h5-6,8,10,12,14,17H,1-4,7,9H2.